The first-order valence-electron chi connectivity index (χ1n) is 5.06. The number of halogens is 1. The Bertz CT molecular complexity index is 469. The standard InChI is InChI=1S/C12H14ClNO3/c1-7-4-5-8(13)9(6-7)14-10(15)12(2,3)11(16)17/h4-6H,1-3H3,(H,14,15)(H,16,17). The molecule has 1 aromatic carbocycles. The molecule has 92 valence electrons. The van der Waals surface area contributed by atoms with Gasteiger partial charge in [-0.2, -0.15) is 0 Å². The Morgan fingerprint density at radius 3 is 2.47 bits per heavy atom. The van der Waals surface area contributed by atoms with E-state index in [1.54, 1.807) is 18.2 Å². The number of amides is 1. The van der Waals surface area contributed by atoms with Crippen LogP contribution in [0.1, 0.15) is 19.4 Å². The first kappa shape index (κ1) is 13.5. The van der Waals surface area contributed by atoms with E-state index < -0.39 is 17.3 Å². The number of rotatable bonds is 3. The van der Waals surface area contributed by atoms with E-state index in [-0.39, 0.29) is 0 Å². The highest BCUT2D eigenvalue weighted by Gasteiger charge is 2.36. The number of hydrogen-bond acceptors (Lipinski definition) is 2. The number of carbonyl (C=O) groups is 2. The van der Waals surface area contributed by atoms with Gasteiger partial charge in [0.1, 0.15) is 5.41 Å². The smallest absolute Gasteiger partial charge is 0.318 e. The number of aryl methyl sites for hydroxylation is 1. The number of aliphatic carboxylic acids is 1. The van der Waals surface area contributed by atoms with Crippen molar-refractivity contribution >= 4 is 29.2 Å². The number of anilines is 1. The van der Waals surface area contributed by atoms with Gasteiger partial charge < -0.3 is 10.4 Å². The van der Waals surface area contributed by atoms with E-state index in [0.717, 1.165) is 5.56 Å². The lowest BCUT2D eigenvalue weighted by Gasteiger charge is -2.19. The molecule has 0 spiro atoms. The second-order valence-corrected chi connectivity index (χ2v) is 4.77. The number of carboxylic acids is 1. The Morgan fingerprint density at radius 2 is 1.94 bits per heavy atom. The van der Waals surface area contributed by atoms with Gasteiger partial charge in [-0.05, 0) is 38.5 Å². The van der Waals surface area contributed by atoms with Crippen LogP contribution < -0.4 is 5.32 Å². The minimum Gasteiger partial charge on any atom is -0.480 e. The van der Waals surface area contributed by atoms with Crippen molar-refractivity contribution in [2.24, 2.45) is 5.41 Å². The van der Waals surface area contributed by atoms with Gasteiger partial charge in [0.05, 0.1) is 10.7 Å². The number of benzene rings is 1. The van der Waals surface area contributed by atoms with Crippen molar-refractivity contribution in [3.05, 3.63) is 28.8 Å². The third-order valence-electron chi connectivity index (χ3n) is 2.47. The van der Waals surface area contributed by atoms with E-state index in [4.69, 9.17) is 16.7 Å². The second-order valence-electron chi connectivity index (χ2n) is 4.37. The largest absolute Gasteiger partial charge is 0.480 e. The lowest BCUT2D eigenvalue weighted by atomic mass is 9.92. The molecular weight excluding hydrogens is 242 g/mol. The van der Waals surface area contributed by atoms with Gasteiger partial charge in [0.25, 0.3) is 0 Å². The molecule has 4 nitrogen and oxygen atoms in total. The number of hydrogen-bond donors (Lipinski definition) is 2. The van der Waals surface area contributed by atoms with Gasteiger partial charge in [-0.15, -0.1) is 0 Å². The maximum absolute atomic E-state index is 11.8. The molecule has 0 aliphatic carbocycles. The molecule has 0 fully saturated rings. The molecule has 0 aromatic heterocycles. The zero-order valence-corrected chi connectivity index (χ0v) is 10.6. The third-order valence-corrected chi connectivity index (χ3v) is 2.80. The van der Waals surface area contributed by atoms with Crippen LogP contribution in [0.5, 0.6) is 0 Å². The summed E-state index contributed by atoms with van der Waals surface area (Å²) >= 11 is 5.91. The predicted octanol–water partition coefficient (Wildman–Crippen LogP) is 2.70. The van der Waals surface area contributed by atoms with E-state index in [9.17, 15) is 9.59 Å². The van der Waals surface area contributed by atoms with Crippen LogP contribution in [0, 0.1) is 12.3 Å². The maximum Gasteiger partial charge on any atom is 0.318 e. The molecule has 1 aromatic rings. The number of carbonyl (C=O) groups excluding carboxylic acids is 1. The van der Waals surface area contributed by atoms with Gasteiger partial charge in [-0.25, -0.2) is 0 Å². The molecule has 0 bridgehead atoms. The molecule has 0 aliphatic rings. The van der Waals surface area contributed by atoms with Gasteiger partial charge >= 0.3 is 5.97 Å². The van der Waals surface area contributed by atoms with Crippen molar-refractivity contribution in [3.8, 4) is 0 Å². The molecule has 0 saturated heterocycles. The summed E-state index contributed by atoms with van der Waals surface area (Å²) in [6.45, 7) is 4.54. The molecule has 1 amide bonds. The first-order valence-corrected chi connectivity index (χ1v) is 5.44. The average molecular weight is 256 g/mol. The summed E-state index contributed by atoms with van der Waals surface area (Å²) in [6.07, 6.45) is 0. The van der Waals surface area contributed by atoms with Crippen LogP contribution in [0.25, 0.3) is 0 Å². The summed E-state index contributed by atoms with van der Waals surface area (Å²) in [4.78, 5) is 22.7. The van der Waals surface area contributed by atoms with Gasteiger partial charge in [-0.1, -0.05) is 17.7 Å². The lowest BCUT2D eigenvalue weighted by molar-refractivity contribution is -0.151. The van der Waals surface area contributed by atoms with Crippen LogP contribution in [0.4, 0.5) is 5.69 Å². The van der Waals surface area contributed by atoms with Gasteiger partial charge in [0.2, 0.25) is 5.91 Å². The second kappa shape index (κ2) is 4.75. The normalized spacial score (nSPS) is 11.1. The molecule has 0 atom stereocenters. The highest BCUT2D eigenvalue weighted by atomic mass is 35.5. The van der Waals surface area contributed by atoms with Crippen molar-refractivity contribution in [2.45, 2.75) is 20.8 Å². The Kier molecular flexibility index (Phi) is 3.78. The molecule has 1 rings (SSSR count). The minimum atomic E-state index is -1.49. The highest BCUT2D eigenvalue weighted by molar-refractivity contribution is 6.33. The van der Waals surface area contributed by atoms with Crippen molar-refractivity contribution in [2.75, 3.05) is 5.32 Å². The van der Waals surface area contributed by atoms with Crippen LogP contribution in [0.15, 0.2) is 18.2 Å². The Morgan fingerprint density at radius 1 is 1.35 bits per heavy atom. The maximum atomic E-state index is 11.8. The van der Waals surface area contributed by atoms with Crippen LogP contribution in [0.3, 0.4) is 0 Å². The molecule has 2 N–H and O–H groups in total. The van der Waals surface area contributed by atoms with Crippen molar-refractivity contribution < 1.29 is 14.7 Å². The predicted molar refractivity (Wildman–Crippen MR) is 66.2 cm³/mol. The summed E-state index contributed by atoms with van der Waals surface area (Å²) in [6, 6.07) is 5.15. The third kappa shape index (κ3) is 2.97. The average Bonchev–Trinajstić information content (AvgIpc) is 2.23. The number of nitrogens with one attached hydrogen (secondary N) is 1. The van der Waals surface area contributed by atoms with E-state index in [2.05, 4.69) is 5.32 Å². The summed E-state index contributed by atoms with van der Waals surface area (Å²) < 4.78 is 0. The van der Waals surface area contributed by atoms with Crippen LogP contribution in [0.2, 0.25) is 5.02 Å². The molecular formula is C12H14ClNO3. The molecule has 0 unspecified atom stereocenters. The number of carboxylic acid groups (broad SMARTS) is 1. The molecule has 0 heterocycles. The minimum absolute atomic E-state index is 0.380. The van der Waals surface area contributed by atoms with E-state index >= 15 is 0 Å². The van der Waals surface area contributed by atoms with Crippen molar-refractivity contribution in [1.29, 1.82) is 0 Å². The molecule has 5 heteroatoms. The van der Waals surface area contributed by atoms with Gasteiger partial charge in [0.15, 0.2) is 0 Å². The van der Waals surface area contributed by atoms with Gasteiger partial charge in [-0.3, -0.25) is 9.59 Å². The quantitative estimate of drug-likeness (QED) is 0.816. The SMILES string of the molecule is Cc1ccc(Cl)c(NC(=O)C(C)(C)C(=O)O)c1. The molecule has 0 aliphatic heterocycles. The zero-order valence-electron chi connectivity index (χ0n) is 9.87. The fraction of sp³-hybridized carbons (Fsp3) is 0.333. The topological polar surface area (TPSA) is 66.4 Å². The molecule has 0 radical (unpaired) electrons. The summed E-state index contributed by atoms with van der Waals surface area (Å²) in [5.41, 5.74) is -0.142. The van der Waals surface area contributed by atoms with Crippen LogP contribution >= 0.6 is 11.6 Å². The molecule has 17 heavy (non-hydrogen) atoms. The first-order chi connectivity index (χ1) is 7.75. The van der Waals surface area contributed by atoms with Crippen molar-refractivity contribution in [3.63, 3.8) is 0 Å². The molecule has 0 saturated carbocycles. The Balaban J connectivity index is 2.96. The van der Waals surface area contributed by atoms with Crippen LogP contribution in [-0.4, -0.2) is 17.0 Å². The van der Waals surface area contributed by atoms with Gasteiger partial charge in [0, 0.05) is 0 Å². The fourth-order valence-corrected chi connectivity index (χ4v) is 1.28. The summed E-state index contributed by atoms with van der Waals surface area (Å²) in [5.74, 6) is -1.78. The van der Waals surface area contributed by atoms with Crippen molar-refractivity contribution in [1.82, 2.24) is 0 Å². The highest BCUT2D eigenvalue weighted by Crippen LogP contribution is 2.25. The van der Waals surface area contributed by atoms with Crippen LogP contribution in [-0.2, 0) is 9.59 Å². The summed E-state index contributed by atoms with van der Waals surface area (Å²) in [7, 11) is 0. The summed E-state index contributed by atoms with van der Waals surface area (Å²) in [5, 5.41) is 11.8. The Labute approximate surface area is 105 Å². The van der Waals surface area contributed by atoms with E-state index in [1.807, 2.05) is 6.92 Å². The lowest BCUT2D eigenvalue weighted by Crippen LogP contribution is -2.37. The van der Waals surface area contributed by atoms with E-state index in [0.29, 0.717) is 10.7 Å². The monoisotopic (exact) mass is 255 g/mol. The van der Waals surface area contributed by atoms with E-state index in [1.165, 1.54) is 13.8 Å². The zero-order chi connectivity index (χ0) is 13.2. The fourth-order valence-electron chi connectivity index (χ4n) is 1.11. The Hall–Kier alpha value is -1.55.